The highest BCUT2D eigenvalue weighted by atomic mass is 35.5. The number of halogens is 1. The van der Waals surface area contributed by atoms with E-state index in [1.165, 1.54) is 35.1 Å². The number of sulfonamides is 1. The highest BCUT2D eigenvalue weighted by Crippen LogP contribution is 2.30. The molecule has 1 aliphatic rings. The summed E-state index contributed by atoms with van der Waals surface area (Å²) in [6.07, 6.45) is 3.42. The minimum atomic E-state index is -3.57. The lowest BCUT2D eigenvalue weighted by Gasteiger charge is -2.07. The smallest absolute Gasteiger partial charge is 0.240 e. The van der Waals surface area contributed by atoms with Crippen LogP contribution < -0.4 is 10.5 Å². The van der Waals surface area contributed by atoms with E-state index < -0.39 is 10.0 Å². The molecule has 112 valence electrons. The highest BCUT2D eigenvalue weighted by Gasteiger charge is 2.18. The molecule has 0 fully saturated rings. The first kappa shape index (κ1) is 14.8. The summed E-state index contributed by atoms with van der Waals surface area (Å²) in [4.78, 5) is 2.57. The predicted octanol–water partition coefficient (Wildman–Crippen LogP) is 2.95. The zero-order chi connectivity index (χ0) is 15.0. The largest absolute Gasteiger partial charge is 0.397 e. The Morgan fingerprint density at radius 2 is 2.10 bits per heavy atom. The Bertz CT molecular complexity index is 763. The first-order valence-corrected chi connectivity index (χ1v) is 9.28. The zero-order valence-electron chi connectivity index (χ0n) is 11.2. The minimum absolute atomic E-state index is 0.133. The van der Waals surface area contributed by atoms with E-state index in [0.717, 1.165) is 17.7 Å². The van der Waals surface area contributed by atoms with Crippen molar-refractivity contribution < 1.29 is 8.42 Å². The number of anilines is 1. The minimum Gasteiger partial charge on any atom is -0.397 e. The average molecular weight is 343 g/mol. The molecule has 0 unspecified atom stereocenters. The van der Waals surface area contributed by atoms with Crippen LogP contribution in [0.3, 0.4) is 0 Å². The molecule has 0 saturated heterocycles. The van der Waals surface area contributed by atoms with Gasteiger partial charge in [-0.1, -0.05) is 11.6 Å². The van der Waals surface area contributed by atoms with Crippen LogP contribution in [0, 0.1) is 0 Å². The summed E-state index contributed by atoms with van der Waals surface area (Å²) >= 11 is 7.50. The molecule has 0 amide bonds. The summed E-state index contributed by atoms with van der Waals surface area (Å²) in [6.45, 7) is 0.308. The van der Waals surface area contributed by atoms with Gasteiger partial charge in [-0.3, -0.25) is 0 Å². The van der Waals surface area contributed by atoms with E-state index in [1.54, 1.807) is 11.3 Å². The molecule has 3 rings (SSSR count). The van der Waals surface area contributed by atoms with E-state index in [-0.39, 0.29) is 10.6 Å². The Balaban J connectivity index is 1.74. The number of rotatable bonds is 4. The molecule has 1 aliphatic carbocycles. The van der Waals surface area contributed by atoms with Crippen molar-refractivity contribution in [2.24, 2.45) is 0 Å². The first-order chi connectivity index (χ1) is 9.95. The maximum absolute atomic E-state index is 12.2. The third-order valence-electron chi connectivity index (χ3n) is 3.51. The van der Waals surface area contributed by atoms with Crippen molar-refractivity contribution in [3.05, 3.63) is 44.6 Å². The molecule has 4 nitrogen and oxygen atoms in total. The van der Waals surface area contributed by atoms with Gasteiger partial charge >= 0.3 is 0 Å². The quantitative estimate of drug-likeness (QED) is 0.839. The topological polar surface area (TPSA) is 72.2 Å². The van der Waals surface area contributed by atoms with Crippen LogP contribution in [0.5, 0.6) is 0 Å². The van der Waals surface area contributed by atoms with Gasteiger partial charge in [0.2, 0.25) is 10.0 Å². The van der Waals surface area contributed by atoms with Crippen molar-refractivity contribution in [2.45, 2.75) is 30.7 Å². The maximum Gasteiger partial charge on any atom is 0.240 e. The van der Waals surface area contributed by atoms with Crippen molar-refractivity contribution in [2.75, 3.05) is 5.73 Å². The third-order valence-corrected chi connectivity index (χ3v) is 6.49. The van der Waals surface area contributed by atoms with Gasteiger partial charge < -0.3 is 5.73 Å². The van der Waals surface area contributed by atoms with Gasteiger partial charge in [0.05, 0.1) is 15.6 Å². The van der Waals surface area contributed by atoms with Crippen LogP contribution in [0.1, 0.15) is 21.7 Å². The molecule has 0 saturated carbocycles. The Morgan fingerprint density at radius 1 is 1.29 bits per heavy atom. The van der Waals surface area contributed by atoms with Crippen LogP contribution in [-0.2, 0) is 29.4 Å². The lowest BCUT2D eigenvalue weighted by molar-refractivity contribution is 0.582. The van der Waals surface area contributed by atoms with Crippen molar-refractivity contribution in [1.29, 1.82) is 0 Å². The molecule has 1 aromatic heterocycles. The molecule has 0 bridgehead atoms. The average Bonchev–Trinajstić information content (AvgIpc) is 3.00. The fourth-order valence-corrected chi connectivity index (χ4v) is 4.87. The molecule has 0 radical (unpaired) electrons. The zero-order valence-corrected chi connectivity index (χ0v) is 13.6. The number of hydrogen-bond acceptors (Lipinski definition) is 4. The number of nitrogens with two attached hydrogens (primary N) is 1. The van der Waals surface area contributed by atoms with E-state index in [4.69, 9.17) is 17.3 Å². The summed E-state index contributed by atoms with van der Waals surface area (Å²) in [6, 6.07) is 6.42. The molecule has 0 aliphatic heterocycles. The van der Waals surface area contributed by atoms with Crippen LogP contribution in [0.25, 0.3) is 0 Å². The lowest BCUT2D eigenvalue weighted by atomic mass is 10.2. The van der Waals surface area contributed by atoms with Crippen LogP contribution in [0.15, 0.2) is 29.2 Å². The fourth-order valence-electron chi connectivity index (χ4n) is 2.42. The molecule has 0 spiro atoms. The molecule has 3 N–H and O–H groups in total. The Hall–Kier alpha value is -1.08. The number of aryl methyl sites for hydroxylation is 2. The van der Waals surface area contributed by atoms with Crippen LogP contribution in [0.2, 0.25) is 5.02 Å². The third kappa shape index (κ3) is 3.08. The second kappa shape index (κ2) is 5.61. The van der Waals surface area contributed by atoms with E-state index >= 15 is 0 Å². The van der Waals surface area contributed by atoms with E-state index in [2.05, 4.69) is 10.8 Å². The second-order valence-corrected chi connectivity index (χ2v) is 8.42. The first-order valence-electron chi connectivity index (χ1n) is 6.61. The number of nitrogens with one attached hydrogen (secondary N) is 1. The number of thiophene rings is 1. The van der Waals surface area contributed by atoms with Crippen molar-refractivity contribution in [1.82, 2.24) is 4.72 Å². The molecule has 21 heavy (non-hydrogen) atoms. The lowest BCUT2D eigenvalue weighted by Crippen LogP contribution is -2.22. The monoisotopic (exact) mass is 342 g/mol. The number of benzene rings is 1. The number of nitrogen functional groups attached to an aromatic ring is 1. The van der Waals surface area contributed by atoms with Gasteiger partial charge in [-0.2, -0.15) is 0 Å². The van der Waals surface area contributed by atoms with E-state index in [0.29, 0.717) is 11.6 Å². The molecule has 0 atom stereocenters. The second-order valence-electron chi connectivity index (χ2n) is 5.02. The van der Waals surface area contributed by atoms with E-state index in [9.17, 15) is 8.42 Å². The van der Waals surface area contributed by atoms with Gasteiger partial charge in [-0.25, -0.2) is 13.1 Å². The predicted molar refractivity (Wildman–Crippen MR) is 86.2 cm³/mol. The Morgan fingerprint density at radius 3 is 2.81 bits per heavy atom. The normalized spacial score (nSPS) is 14.3. The van der Waals surface area contributed by atoms with Gasteiger partial charge in [0.1, 0.15) is 0 Å². The molecule has 1 heterocycles. The SMILES string of the molecule is Nc1cc(S(=O)(=O)NCc2cc3c(s2)CCC3)ccc1Cl. The molecule has 7 heteroatoms. The molecule has 1 aromatic carbocycles. The number of fused-ring (bicyclic) bond motifs is 1. The molecule has 2 aromatic rings. The summed E-state index contributed by atoms with van der Waals surface area (Å²) in [5.41, 5.74) is 7.28. The fraction of sp³-hybridized carbons (Fsp3) is 0.286. The molecular formula is C14H15ClN2O2S2. The van der Waals surface area contributed by atoms with Crippen LogP contribution in [-0.4, -0.2) is 8.42 Å². The highest BCUT2D eigenvalue weighted by molar-refractivity contribution is 7.89. The van der Waals surface area contributed by atoms with Crippen molar-refractivity contribution in [3.63, 3.8) is 0 Å². The van der Waals surface area contributed by atoms with Gasteiger partial charge in [0.25, 0.3) is 0 Å². The Kier molecular flexibility index (Phi) is 3.96. The van der Waals surface area contributed by atoms with Gasteiger partial charge in [0.15, 0.2) is 0 Å². The number of hydrogen-bond donors (Lipinski definition) is 2. The van der Waals surface area contributed by atoms with Crippen molar-refractivity contribution >= 4 is 38.6 Å². The van der Waals surface area contributed by atoms with Gasteiger partial charge in [-0.05, 0) is 49.1 Å². The van der Waals surface area contributed by atoms with Gasteiger partial charge in [-0.15, -0.1) is 11.3 Å². The van der Waals surface area contributed by atoms with Crippen LogP contribution >= 0.6 is 22.9 Å². The summed E-state index contributed by atoms with van der Waals surface area (Å²) in [7, 11) is -3.57. The maximum atomic E-state index is 12.2. The van der Waals surface area contributed by atoms with Gasteiger partial charge in [0, 0.05) is 16.3 Å². The summed E-state index contributed by atoms with van der Waals surface area (Å²) in [5, 5.41) is 0.351. The van der Waals surface area contributed by atoms with Crippen LogP contribution in [0.4, 0.5) is 5.69 Å². The Labute approximate surface area is 133 Å². The summed E-state index contributed by atoms with van der Waals surface area (Å²) < 4.78 is 27.1. The molecular weight excluding hydrogens is 328 g/mol. The summed E-state index contributed by atoms with van der Waals surface area (Å²) in [5.74, 6) is 0. The standard InChI is InChI=1S/C14H15ClN2O2S2/c15-12-5-4-11(7-13(12)16)21(18,19)17-8-10-6-9-2-1-3-14(9)20-10/h4-7,17H,1-3,8,16H2. The van der Waals surface area contributed by atoms with Crippen molar-refractivity contribution in [3.8, 4) is 0 Å². The van der Waals surface area contributed by atoms with E-state index in [1.807, 2.05) is 0 Å².